The molecule has 6 heteroatoms. The second-order valence-electron chi connectivity index (χ2n) is 2.92. The van der Waals surface area contributed by atoms with Crippen LogP contribution in [0.2, 0.25) is 0 Å². The fourth-order valence-electron chi connectivity index (χ4n) is 1.11. The van der Waals surface area contributed by atoms with Crippen LogP contribution in [0.15, 0.2) is 33.5 Å². The number of halogens is 1. The van der Waals surface area contributed by atoms with Gasteiger partial charge >= 0.3 is 0 Å². The zero-order valence-corrected chi connectivity index (χ0v) is 9.36. The second-order valence-corrected chi connectivity index (χ2v) is 3.84. The molecule has 5 nitrogen and oxygen atoms in total. The highest BCUT2D eigenvalue weighted by molar-refractivity contribution is 9.10. The molecule has 0 amide bonds. The van der Waals surface area contributed by atoms with Crippen molar-refractivity contribution >= 4 is 27.4 Å². The summed E-state index contributed by atoms with van der Waals surface area (Å²) in [6.45, 7) is 0.513. The van der Waals surface area contributed by atoms with Gasteiger partial charge in [0, 0.05) is 16.7 Å². The molecule has 0 radical (unpaired) electrons. The minimum absolute atomic E-state index is 0.513. The first-order valence-electron chi connectivity index (χ1n) is 4.30. The van der Waals surface area contributed by atoms with Crippen LogP contribution < -0.4 is 11.1 Å². The Bertz CT molecular complexity index is 443. The maximum atomic E-state index is 5.76. The Balaban J connectivity index is 2.05. The van der Waals surface area contributed by atoms with E-state index in [1.165, 1.54) is 0 Å². The number of pyridine rings is 1. The van der Waals surface area contributed by atoms with Crippen LogP contribution in [0.3, 0.4) is 0 Å². The van der Waals surface area contributed by atoms with Crippen LogP contribution in [-0.2, 0) is 6.54 Å². The molecule has 2 aromatic rings. The lowest BCUT2D eigenvalue weighted by Crippen LogP contribution is -2.03. The number of nitrogens with one attached hydrogen (secondary N) is 1. The predicted octanol–water partition coefficient (Wildman–Crippen LogP) is 2.03. The number of nitrogens with zero attached hydrogens (tertiary/aromatic N) is 2. The molecule has 0 fully saturated rings. The number of nitrogen functional groups attached to an aromatic ring is 1. The van der Waals surface area contributed by atoms with E-state index in [2.05, 4.69) is 31.4 Å². The molecule has 15 heavy (non-hydrogen) atoms. The molecule has 0 saturated carbocycles. The van der Waals surface area contributed by atoms with Gasteiger partial charge in [-0.05, 0) is 22.0 Å². The molecule has 0 aliphatic heterocycles. The van der Waals surface area contributed by atoms with Gasteiger partial charge in [0.2, 0.25) is 0 Å². The van der Waals surface area contributed by atoms with Crippen molar-refractivity contribution in [1.82, 2.24) is 10.1 Å². The summed E-state index contributed by atoms with van der Waals surface area (Å²) < 4.78 is 5.78. The Morgan fingerprint density at radius 2 is 2.40 bits per heavy atom. The quantitative estimate of drug-likeness (QED) is 0.891. The summed E-state index contributed by atoms with van der Waals surface area (Å²) in [5, 5.41) is 6.65. The maximum Gasteiger partial charge on any atom is 0.155 e. The van der Waals surface area contributed by atoms with Crippen molar-refractivity contribution < 1.29 is 4.52 Å². The van der Waals surface area contributed by atoms with Crippen molar-refractivity contribution in [3.63, 3.8) is 0 Å². The lowest BCUT2D eigenvalue weighted by Gasteiger charge is -2.06. The SMILES string of the molecule is Nc1cc(Br)cnc1NCc1ccno1. The molecule has 0 unspecified atom stereocenters. The van der Waals surface area contributed by atoms with Gasteiger partial charge in [0.15, 0.2) is 5.76 Å². The topological polar surface area (TPSA) is 77.0 Å². The van der Waals surface area contributed by atoms with Crippen LogP contribution in [0, 0.1) is 0 Å². The summed E-state index contributed by atoms with van der Waals surface area (Å²) in [6.07, 6.45) is 3.27. The number of rotatable bonds is 3. The second kappa shape index (κ2) is 4.31. The van der Waals surface area contributed by atoms with Crippen molar-refractivity contribution in [2.45, 2.75) is 6.54 Å². The van der Waals surface area contributed by atoms with Gasteiger partial charge in [0.25, 0.3) is 0 Å². The van der Waals surface area contributed by atoms with E-state index >= 15 is 0 Å². The highest BCUT2D eigenvalue weighted by Crippen LogP contribution is 2.20. The fraction of sp³-hybridized carbons (Fsp3) is 0.111. The first kappa shape index (κ1) is 9.97. The van der Waals surface area contributed by atoms with E-state index in [4.69, 9.17) is 10.3 Å². The number of anilines is 2. The van der Waals surface area contributed by atoms with Crippen molar-refractivity contribution in [2.75, 3.05) is 11.1 Å². The van der Waals surface area contributed by atoms with Gasteiger partial charge in [-0.25, -0.2) is 4.98 Å². The minimum Gasteiger partial charge on any atom is -0.396 e. The van der Waals surface area contributed by atoms with Gasteiger partial charge in [0.1, 0.15) is 5.82 Å². The Morgan fingerprint density at radius 1 is 1.53 bits per heavy atom. The standard InChI is InChI=1S/C9H9BrN4O/c10-6-3-8(11)9(12-4-6)13-5-7-1-2-14-15-7/h1-4H,5,11H2,(H,12,13). The fourth-order valence-corrected chi connectivity index (χ4v) is 1.46. The zero-order valence-electron chi connectivity index (χ0n) is 7.77. The largest absolute Gasteiger partial charge is 0.396 e. The van der Waals surface area contributed by atoms with E-state index in [9.17, 15) is 0 Å². The van der Waals surface area contributed by atoms with Gasteiger partial charge in [-0.1, -0.05) is 5.16 Å². The number of hydrogen-bond donors (Lipinski definition) is 2. The van der Waals surface area contributed by atoms with Crippen LogP contribution in [0.5, 0.6) is 0 Å². The molecule has 0 saturated heterocycles. The third kappa shape index (κ3) is 2.47. The average Bonchev–Trinajstić information content (AvgIpc) is 2.69. The van der Waals surface area contributed by atoms with E-state index < -0.39 is 0 Å². The molecule has 0 aromatic carbocycles. The van der Waals surface area contributed by atoms with E-state index in [1.807, 2.05) is 0 Å². The molecule has 0 aliphatic carbocycles. The third-order valence-electron chi connectivity index (χ3n) is 1.81. The maximum absolute atomic E-state index is 5.76. The Labute approximate surface area is 94.8 Å². The molecule has 0 aliphatic rings. The lowest BCUT2D eigenvalue weighted by molar-refractivity contribution is 0.388. The molecule has 2 aromatic heterocycles. The summed E-state index contributed by atoms with van der Waals surface area (Å²) in [4.78, 5) is 4.13. The molecule has 78 valence electrons. The highest BCUT2D eigenvalue weighted by atomic mass is 79.9. The van der Waals surface area contributed by atoms with Gasteiger partial charge in [0.05, 0.1) is 18.4 Å². The lowest BCUT2D eigenvalue weighted by atomic mass is 10.4. The smallest absolute Gasteiger partial charge is 0.155 e. The Morgan fingerprint density at radius 3 is 3.07 bits per heavy atom. The summed E-state index contributed by atoms with van der Waals surface area (Å²) >= 11 is 3.29. The normalized spacial score (nSPS) is 10.2. The molecule has 3 N–H and O–H groups in total. The van der Waals surface area contributed by atoms with Gasteiger partial charge in [-0.2, -0.15) is 0 Å². The molecule has 2 heterocycles. The predicted molar refractivity (Wildman–Crippen MR) is 60.2 cm³/mol. The first-order valence-corrected chi connectivity index (χ1v) is 5.09. The zero-order chi connectivity index (χ0) is 10.7. The van der Waals surface area contributed by atoms with E-state index in [1.54, 1.807) is 24.5 Å². The van der Waals surface area contributed by atoms with Crippen molar-refractivity contribution in [3.8, 4) is 0 Å². The van der Waals surface area contributed by atoms with Crippen LogP contribution in [0.4, 0.5) is 11.5 Å². The average molecular weight is 269 g/mol. The van der Waals surface area contributed by atoms with Crippen molar-refractivity contribution in [2.24, 2.45) is 0 Å². The van der Waals surface area contributed by atoms with Gasteiger partial charge < -0.3 is 15.6 Å². The first-order chi connectivity index (χ1) is 7.25. The van der Waals surface area contributed by atoms with E-state index in [-0.39, 0.29) is 0 Å². The van der Waals surface area contributed by atoms with Gasteiger partial charge in [-0.3, -0.25) is 0 Å². The molecular weight excluding hydrogens is 260 g/mol. The third-order valence-corrected chi connectivity index (χ3v) is 2.24. The van der Waals surface area contributed by atoms with Crippen LogP contribution in [0.25, 0.3) is 0 Å². The minimum atomic E-state index is 0.513. The molecule has 0 spiro atoms. The van der Waals surface area contributed by atoms with Crippen LogP contribution in [-0.4, -0.2) is 10.1 Å². The van der Waals surface area contributed by atoms with E-state index in [0.717, 1.165) is 10.2 Å². The Hall–Kier alpha value is -1.56. The van der Waals surface area contributed by atoms with Crippen LogP contribution in [0.1, 0.15) is 5.76 Å². The molecule has 2 rings (SSSR count). The molecular formula is C9H9BrN4O. The monoisotopic (exact) mass is 268 g/mol. The van der Waals surface area contributed by atoms with Crippen molar-refractivity contribution in [1.29, 1.82) is 0 Å². The number of hydrogen-bond acceptors (Lipinski definition) is 5. The molecule has 0 bridgehead atoms. The Kier molecular flexibility index (Phi) is 2.86. The van der Waals surface area contributed by atoms with Crippen LogP contribution >= 0.6 is 15.9 Å². The summed E-state index contributed by atoms with van der Waals surface area (Å²) in [7, 11) is 0. The highest BCUT2D eigenvalue weighted by Gasteiger charge is 2.02. The van der Waals surface area contributed by atoms with Gasteiger partial charge in [-0.15, -0.1) is 0 Å². The number of aromatic nitrogens is 2. The number of nitrogens with two attached hydrogens (primary N) is 1. The summed E-state index contributed by atoms with van der Waals surface area (Å²) in [6, 6.07) is 3.57. The van der Waals surface area contributed by atoms with E-state index in [0.29, 0.717) is 18.1 Å². The van der Waals surface area contributed by atoms with Crippen molar-refractivity contribution in [3.05, 3.63) is 34.8 Å². The molecule has 0 atom stereocenters. The summed E-state index contributed by atoms with van der Waals surface area (Å²) in [5.41, 5.74) is 6.35. The summed E-state index contributed by atoms with van der Waals surface area (Å²) in [5.74, 6) is 1.37.